The van der Waals surface area contributed by atoms with Gasteiger partial charge in [0.1, 0.15) is 19.0 Å². The number of benzene rings is 3. The van der Waals surface area contributed by atoms with Gasteiger partial charge in [-0.3, -0.25) is 14.5 Å². The molecule has 0 aromatic heterocycles. The molecule has 6 nitrogen and oxygen atoms in total. The molecule has 7 heteroatoms. The van der Waals surface area contributed by atoms with Crippen molar-refractivity contribution in [3.8, 4) is 11.5 Å². The van der Waals surface area contributed by atoms with Crippen molar-refractivity contribution in [3.63, 3.8) is 0 Å². The summed E-state index contributed by atoms with van der Waals surface area (Å²) in [5.41, 5.74) is 3.42. The van der Waals surface area contributed by atoms with Crippen LogP contribution < -0.4 is 14.4 Å². The molecule has 1 saturated heterocycles. The van der Waals surface area contributed by atoms with Crippen LogP contribution in [0.2, 0.25) is 5.02 Å². The van der Waals surface area contributed by atoms with E-state index in [9.17, 15) is 14.7 Å². The number of Topliss-reactive ketones (excluding diaryl/α,β-unsaturated/α-hetero) is 1. The summed E-state index contributed by atoms with van der Waals surface area (Å²) in [7, 11) is 0. The van der Waals surface area contributed by atoms with Crippen LogP contribution in [0, 0.1) is 6.92 Å². The van der Waals surface area contributed by atoms with E-state index in [1.165, 1.54) is 4.90 Å². The number of carbonyl (C=O) groups is 2. The third-order valence-corrected chi connectivity index (χ3v) is 7.19. The van der Waals surface area contributed by atoms with Crippen LogP contribution in [0.15, 0.2) is 66.2 Å². The third kappa shape index (κ3) is 4.46. The molecule has 2 aliphatic heterocycles. The Hall–Kier alpha value is -3.77. The molecule has 0 aliphatic carbocycles. The highest BCUT2D eigenvalue weighted by Gasteiger charge is 2.47. The van der Waals surface area contributed by atoms with Gasteiger partial charge in [-0.2, -0.15) is 0 Å². The van der Waals surface area contributed by atoms with Gasteiger partial charge >= 0.3 is 0 Å². The molecule has 1 amide bonds. The molecule has 37 heavy (non-hydrogen) atoms. The lowest BCUT2D eigenvalue weighted by atomic mass is 9.85. The molecular formula is C30H28ClNO5. The zero-order chi connectivity index (χ0) is 26.5. The second kappa shape index (κ2) is 9.27. The van der Waals surface area contributed by atoms with E-state index in [2.05, 4.69) is 20.8 Å². The number of aliphatic hydroxyl groups excluding tert-OH is 1. The smallest absolute Gasteiger partial charge is 0.300 e. The SMILES string of the molecule is Cc1ccc(N2C(=O)C(=O)/C(=C(\O)c3ccc4c(c3)OCCO4)C2c2ccc(C(C)(C)C)cc2)cc1Cl. The third-order valence-electron chi connectivity index (χ3n) is 6.79. The molecule has 0 bridgehead atoms. The normalized spacial score (nSPS) is 18.8. The summed E-state index contributed by atoms with van der Waals surface area (Å²) in [5.74, 6) is -0.744. The lowest BCUT2D eigenvalue weighted by molar-refractivity contribution is -0.132. The van der Waals surface area contributed by atoms with E-state index < -0.39 is 17.7 Å². The van der Waals surface area contributed by atoms with E-state index in [0.29, 0.717) is 46.5 Å². The predicted octanol–water partition coefficient (Wildman–Crippen LogP) is 6.34. The Morgan fingerprint density at radius 3 is 2.27 bits per heavy atom. The molecule has 1 fully saturated rings. The fourth-order valence-corrected chi connectivity index (χ4v) is 4.83. The van der Waals surface area contributed by atoms with Gasteiger partial charge in [0.2, 0.25) is 0 Å². The Bertz CT molecular complexity index is 1440. The van der Waals surface area contributed by atoms with Crippen molar-refractivity contribution >= 4 is 34.7 Å². The number of hydrogen-bond acceptors (Lipinski definition) is 5. The second-order valence-electron chi connectivity index (χ2n) is 10.3. The first kappa shape index (κ1) is 24.9. The van der Waals surface area contributed by atoms with Gasteiger partial charge in [-0.05, 0) is 59.4 Å². The summed E-state index contributed by atoms with van der Waals surface area (Å²) < 4.78 is 11.2. The van der Waals surface area contributed by atoms with E-state index in [1.54, 1.807) is 36.4 Å². The molecular weight excluding hydrogens is 490 g/mol. The molecule has 1 atom stereocenters. The van der Waals surface area contributed by atoms with E-state index >= 15 is 0 Å². The molecule has 190 valence electrons. The Morgan fingerprint density at radius 2 is 1.62 bits per heavy atom. The van der Waals surface area contributed by atoms with Crippen LogP contribution in [-0.4, -0.2) is 30.0 Å². The average Bonchev–Trinajstić information content (AvgIpc) is 3.14. The first-order valence-corrected chi connectivity index (χ1v) is 12.5. The maximum Gasteiger partial charge on any atom is 0.300 e. The summed E-state index contributed by atoms with van der Waals surface area (Å²) in [6.45, 7) is 9.03. The maximum atomic E-state index is 13.5. The van der Waals surface area contributed by atoms with Crippen molar-refractivity contribution in [1.82, 2.24) is 0 Å². The van der Waals surface area contributed by atoms with Crippen LogP contribution in [0.4, 0.5) is 5.69 Å². The number of carbonyl (C=O) groups excluding carboxylic acids is 2. The van der Waals surface area contributed by atoms with Crippen LogP contribution in [0.1, 0.15) is 49.1 Å². The quantitative estimate of drug-likeness (QED) is 0.249. The van der Waals surface area contributed by atoms with Crippen LogP contribution in [-0.2, 0) is 15.0 Å². The van der Waals surface area contributed by atoms with E-state index in [4.69, 9.17) is 21.1 Å². The Labute approximate surface area is 221 Å². The van der Waals surface area contributed by atoms with Crippen molar-refractivity contribution in [2.75, 3.05) is 18.1 Å². The molecule has 0 spiro atoms. The lowest BCUT2D eigenvalue weighted by Gasteiger charge is -2.27. The van der Waals surface area contributed by atoms with Gasteiger partial charge < -0.3 is 14.6 Å². The summed E-state index contributed by atoms with van der Waals surface area (Å²) in [5, 5.41) is 11.9. The Balaban J connectivity index is 1.69. The fourth-order valence-electron chi connectivity index (χ4n) is 4.66. The van der Waals surface area contributed by atoms with Gasteiger partial charge in [0, 0.05) is 16.3 Å². The molecule has 0 radical (unpaired) electrons. The first-order chi connectivity index (χ1) is 17.6. The first-order valence-electron chi connectivity index (χ1n) is 12.1. The van der Waals surface area contributed by atoms with Gasteiger partial charge in [-0.15, -0.1) is 0 Å². The molecule has 2 aliphatic rings. The van der Waals surface area contributed by atoms with Crippen LogP contribution in [0.25, 0.3) is 5.76 Å². The van der Waals surface area contributed by atoms with Crippen molar-refractivity contribution < 1.29 is 24.2 Å². The van der Waals surface area contributed by atoms with Gasteiger partial charge in [-0.1, -0.05) is 62.7 Å². The molecule has 0 saturated carbocycles. The number of ether oxygens (including phenoxy) is 2. The number of aliphatic hydroxyl groups is 1. The van der Waals surface area contributed by atoms with Gasteiger partial charge in [-0.25, -0.2) is 0 Å². The van der Waals surface area contributed by atoms with Crippen LogP contribution in [0.5, 0.6) is 11.5 Å². The zero-order valence-corrected chi connectivity index (χ0v) is 21.9. The largest absolute Gasteiger partial charge is 0.507 e. The molecule has 1 unspecified atom stereocenters. The van der Waals surface area contributed by atoms with Gasteiger partial charge in [0.25, 0.3) is 11.7 Å². The number of nitrogens with zero attached hydrogens (tertiary/aromatic N) is 1. The van der Waals surface area contributed by atoms with E-state index in [-0.39, 0.29) is 16.7 Å². The van der Waals surface area contributed by atoms with Crippen molar-refractivity contribution in [1.29, 1.82) is 0 Å². The molecule has 2 heterocycles. The second-order valence-corrected chi connectivity index (χ2v) is 10.7. The number of aryl methyl sites for hydroxylation is 1. The average molecular weight is 518 g/mol. The number of amides is 1. The minimum absolute atomic E-state index is 0.00174. The van der Waals surface area contributed by atoms with Gasteiger partial charge in [0.05, 0.1) is 11.6 Å². The van der Waals surface area contributed by atoms with Crippen LogP contribution in [0.3, 0.4) is 0 Å². The molecule has 3 aromatic carbocycles. The summed E-state index contributed by atoms with van der Waals surface area (Å²) >= 11 is 6.39. The number of hydrogen-bond donors (Lipinski definition) is 1. The minimum atomic E-state index is -0.846. The Morgan fingerprint density at radius 1 is 0.946 bits per heavy atom. The highest BCUT2D eigenvalue weighted by molar-refractivity contribution is 6.51. The maximum absolute atomic E-state index is 13.5. The van der Waals surface area contributed by atoms with Gasteiger partial charge in [0.15, 0.2) is 11.5 Å². The predicted molar refractivity (Wildman–Crippen MR) is 144 cm³/mol. The number of anilines is 1. The summed E-state index contributed by atoms with van der Waals surface area (Å²) in [6, 6.07) is 17.1. The summed E-state index contributed by atoms with van der Waals surface area (Å²) in [4.78, 5) is 28.3. The molecule has 1 N–H and O–H groups in total. The standard InChI is InChI=1S/C30H28ClNO5/c1-17-5-11-21(16-22(17)31)32-26(18-6-9-20(10-7-18)30(2,3)4)25(28(34)29(32)35)27(33)19-8-12-23-24(15-19)37-14-13-36-23/h5-12,15-16,26,33H,13-14H2,1-4H3/b27-25-. The fraction of sp³-hybridized carbons (Fsp3) is 0.267. The Kier molecular flexibility index (Phi) is 6.24. The topological polar surface area (TPSA) is 76.1 Å². The van der Waals surface area contributed by atoms with Crippen molar-refractivity contribution in [3.05, 3.63) is 93.5 Å². The number of ketones is 1. The van der Waals surface area contributed by atoms with Crippen molar-refractivity contribution in [2.24, 2.45) is 0 Å². The van der Waals surface area contributed by atoms with E-state index in [0.717, 1.165) is 11.1 Å². The highest BCUT2D eigenvalue weighted by atomic mass is 35.5. The minimum Gasteiger partial charge on any atom is -0.507 e. The summed E-state index contributed by atoms with van der Waals surface area (Å²) in [6.07, 6.45) is 0. The monoisotopic (exact) mass is 517 g/mol. The van der Waals surface area contributed by atoms with Crippen molar-refractivity contribution in [2.45, 2.75) is 39.2 Å². The highest BCUT2D eigenvalue weighted by Crippen LogP contribution is 2.44. The lowest BCUT2D eigenvalue weighted by Crippen LogP contribution is -2.29. The number of rotatable bonds is 3. The molecule has 3 aromatic rings. The number of fused-ring (bicyclic) bond motifs is 1. The van der Waals surface area contributed by atoms with Crippen LogP contribution >= 0.6 is 11.6 Å². The number of halogens is 1. The molecule has 5 rings (SSSR count). The van der Waals surface area contributed by atoms with E-state index in [1.807, 2.05) is 31.2 Å². The zero-order valence-electron chi connectivity index (χ0n) is 21.2.